The number of hydrogen-bond donors (Lipinski definition) is 1. The molecule has 4 aromatic carbocycles. The third-order valence-corrected chi connectivity index (χ3v) is 9.55. The molecule has 3 aliphatic rings. The van der Waals surface area contributed by atoms with E-state index in [-0.39, 0.29) is 36.5 Å². The highest BCUT2D eigenvalue weighted by Crippen LogP contribution is 2.43. The third kappa shape index (κ3) is 5.80. The molecule has 0 spiro atoms. The number of fused-ring (bicyclic) bond motifs is 2. The Kier molecular flexibility index (Phi) is 8.55. The minimum atomic E-state index is -0.740. The Labute approximate surface area is 274 Å². The van der Waals surface area contributed by atoms with Crippen molar-refractivity contribution < 1.29 is 33.6 Å². The van der Waals surface area contributed by atoms with E-state index >= 15 is 0 Å². The number of anilines is 1. The molecule has 242 valence electrons. The van der Waals surface area contributed by atoms with Gasteiger partial charge in [0.2, 0.25) is 0 Å². The van der Waals surface area contributed by atoms with E-state index in [2.05, 4.69) is 24.0 Å². The first-order chi connectivity index (χ1) is 22.9. The third-order valence-electron chi connectivity index (χ3n) is 9.55. The molecule has 1 N–H and O–H groups in total. The highest BCUT2D eigenvalue weighted by atomic mass is 16.7. The number of hydrogen-bond acceptors (Lipinski definition) is 8. The molecule has 0 radical (unpaired) electrons. The fraction of sp³-hybridized carbons (Fsp3) is 0.316. The molecule has 0 saturated carbocycles. The molecule has 9 heteroatoms. The molecule has 1 saturated heterocycles. The van der Waals surface area contributed by atoms with Gasteiger partial charge < -0.3 is 24.1 Å². The van der Waals surface area contributed by atoms with Crippen molar-refractivity contribution in [3.8, 4) is 11.5 Å². The molecule has 2 amide bonds. The summed E-state index contributed by atoms with van der Waals surface area (Å²) < 4.78 is 24.5. The number of rotatable bonds is 8. The fourth-order valence-electron chi connectivity index (χ4n) is 6.91. The van der Waals surface area contributed by atoms with Gasteiger partial charge in [0, 0.05) is 31.1 Å². The number of aliphatic hydroxyl groups is 1. The number of nitrogens with zero attached hydrogens (tertiary/aromatic N) is 2. The van der Waals surface area contributed by atoms with Gasteiger partial charge in [0.05, 0.1) is 49.8 Å². The van der Waals surface area contributed by atoms with E-state index in [9.17, 15) is 14.7 Å². The predicted molar refractivity (Wildman–Crippen MR) is 176 cm³/mol. The van der Waals surface area contributed by atoms with E-state index in [0.717, 1.165) is 36.4 Å². The second-order valence-corrected chi connectivity index (χ2v) is 12.4. The van der Waals surface area contributed by atoms with Crippen molar-refractivity contribution in [1.29, 1.82) is 0 Å². The van der Waals surface area contributed by atoms with Gasteiger partial charge in [-0.15, -0.1) is 0 Å². The Bertz CT molecular complexity index is 1770. The van der Waals surface area contributed by atoms with Gasteiger partial charge in [0.15, 0.2) is 17.8 Å². The van der Waals surface area contributed by atoms with E-state index in [4.69, 9.17) is 18.9 Å². The maximum atomic E-state index is 13.3. The fourth-order valence-corrected chi connectivity index (χ4v) is 6.91. The lowest BCUT2D eigenvalue weighted by atomic mass is 9.89. The van der Waals surface area contributed by atoms with Gasteiger partial charge >= 0.3 is 0 Å². The van der Waals surface area contributed by atoms with Crippen LogP contribution in [0.3, 0.4) is 0 Å². The van der Waals surface area contributed by atoms with Crippen molar-refractivity contribution in [2.24, 2.45) is 5.92 Å². The SMILES string of the molecule is COc1cc2c(cc1OC)CN(C[C@H]1O[C@@H](c3cccc(N4C(=O)c5ccccc5C4=O)c3)O[C@@H](c3ccc(CO)cc3)[C@H]1C)CC2. The van der Waals surface area contributed by atoms with Crippen LogP contribution in [0, 0.1) is 5.92 Å². The average molecular weight is 635 g/mol. The highest BCUT2D eigenvalue weighted by molar-refractivity contribution is 6.34. The van der Waals surface area contributed by atoms with Gasteiger partial charge in [0.25, 0.3) is 11.8 Å². The average Bonchev–Trinajstić information content (AvgIpc) is 3.37. The van der Waals surface area contributed by atoms with Crippen molar-refractivity contribution >= 4 is 17.5 Å². The molecular weight excluding hydrogens is 596 g/mol. The van der Waals surface area contributed by atoms with E-state index in [1.54, 1.807) is 44.6 Å². The van der Waals surface area contributed by atoms with E-state index < -0.39 is 6.29 Å². The van der Waals surface area contributed by atoms with Crippen LogP contribution in [0.1, 0.15) is 67.9 Å². The van der Waals surface area contributed by atoms with Crippen molar-refractivity contribution in [2.75, 3.05) is 32.2 Å². The van der Waals surface area contributed by atoms with Gasteiger partial charge in [-0.2, -0.15) is 0 Å². The number of benzene rings is 4. The zero-order chi connectivity index (χ0) is 32.7. The molecule has 0 bridgehead atoms. The Hall–Kier alpha value is -4.54. The summed E-state index contributed by atoms with van der Waals surface area (Å²) in [4.78, 5) is 30.2. The number of carbonyl (C=O) groups excluding carboxylic acids is 2. The quantitative estimate of drug-likeness (QED) is 0.241. The Morgan fingerprint density at radius 1 is 0.809 bits per heavy atom. The van der Waals surface area contributed by atoms with Gasteiger partial charge in [-0.3, -0.25) is 14.5 Å². The van der Waals surface area contributed by atoms with Crippen LogP contribution in [0.4, 0.5) is 5.69 Å². The zero-order valence-corrected chi connectivity index (χ0v) is 26.7. The van der Waals surface area contributed by atoms with Gasteiger partial charge in [0.1, 0.15) is 0 Å². The number of carbonyl (C=O) groups is 2. The van der Waals surface area contributed by atoms with Crippen molar-refractivity contribution in [3.05, 3.63) is 124 Å². The topological polar surface area (TPSA) is 97.8 Å². The number of amides is 2. The van der Waals surface area contributed by atoms with Crippen LogP contribution in [0.15, 0.2) is 84.9 Å². The monoisotopic (exact) mass is 634 g/mol. The maximum absolute atomic E-state index is 13.3. The summed E-state index contributed by atoms with van der Waals surface area (Å²) in [6.45, 7) is 4.41. The van der Waals surface area contributed by atoms with Gasteiger partial charge in [-0.1, -0.05) is 55.5 Å². The summed E-state index contributed by atoms with van der Waals surface area (Å²) in [6, 6.07) is 26.1. The summed E-state index contributed by atoms with van der Waals surface area (Å²) in [5.74, 6) is 0.760. The Balaban J connectivity index is 1.17. The van der Waals surface area contributed by atoms with Crippen molar-refractivity contribution in [3.63, 3.8) is 0 Å². The van der Waals surface area contributed by atoms with Crippen LogP contribution in [0.2, 0.25) is 0 Å². The lowest BCUT2D eigenvalue weighted by Gasteiger charge is -2.43. The Morgan fingerprint density at radius 2 is 1.49 bits per heavy atom. The molecule has 3 aliphatic heterocycles. The summed E-state index contributed by atoms with van der Waals surface area (Å²) in [5.41, 5.74) is 6.25. The maximum Gasteiger partial charge on any atom is 0.266 e. The first-order valence-corrected chi connectivity index (χ1v) is 15.9. The van der Waals surface area contributed by atoms with Crippen molar-refractivity contribution in [2.45, 2.75) is 45.0 Å². The smallest absolute Gasteiger partial charge is 0.266 e. The first kappa shape index (κ1) is 31.1. The van der Waals surface area contributed by atoms with Gasteiger partial charge in [-0.05, 0) is 65.1 Å². The van der Waals surface area contributed by atoms with E-state index in [0.29, 0.717) is 34.7 Å². The van der Waals surface area contributed by atoms with Crippen LogP contribution in [-0.2, 0) is 29.0 Å². The van der Waals surface area contributed by atoms with E-state index in [1.165, 1.54) is 16.0 Å². The molecule has 0 unspecified atom stereocenters. The van der Waals surface area contributed by atoms with Crippen LogP contribution in [-0.4, -0.2) is 55.2 Å². The summed E-state index contributed by atoms with van der Waals surface area (Å²) in [6.07, 6.45) is -0.349. The molecule has 0 aromatic heterocycles. The van der Waals surface area contributed by atoms with Crippen LogP contribution >= 0.6 is 0 Å². The van der Waals surface area contributed by atoms with Crippen LogP contribution in [0.5, 0.6) is 11.5 Å². The van der Waals surface area contributed by atoms with Crippen molar-refractivity contribution in [1.82, 2.24) is 4.90 Å². The number of aliphatic hydroxyl groups excluding tert-OH is 1. The molecule has 3 heterocycles. The van der Waals surface area contributed by atoms with E-state index in [1.807, 2.05) is 42.5 Å². The van der Waals surface area contributed by atoms with Crippen LogP contribution in [0.25, 0.3) is 0 Å². The predicted octanol–water partition coefficient (Wildman–Crippen LogP) is 5.85. The minimum Gasteiger partial charge on any atom is -0.493 e. The molecule has 9 nitrogen and oxygen atoms in total. The summed E-state index contributed by atoms with van der Waals surface area (Å²) in [7, 11) is 3.31. The number of imide groups is 1. The highest BCUT2D eigenvalue weighted by Gasteiger charge is 2.41. The normalized spacial score (nSPS) is 22.6. The first-order valence-electron chi connectivity index (χ1n) is 15.9. The Morgan fingerprint density at radius 3 is 2.15 bits per heavy atom. The minimum absolute atomic E-state index is 0.00236. The molecule has 4 atom stereocenters. The van der Waals surface area contributed by atoms with Crippen LogP contribution < -0.4 is 14.4 Å². The molecule has 47 heavy (non-hydrogen) atoms. The standard InChI is InChI=1S/C38H38N2O7/c1-23-34(21-39-16-15-26-18-32(44-2)33(45-3)19-28(26)20-39)46-38(47-35(23)25-13-11-24(22-41)12-14-25)27-7-6-8-29(17-27)40-36(42)30-9-4-5-10-31(30)37(40)43/h4-14,17-19,23,34-35,38,41H,15-16,20-22H2,1-3H3/t23-,34+,35+,38+/m0/s1. The largest absolute Gasteiger partial charge is 0.493 e. The van der Waals surface area contributed by atoms with Gasteiger partial charge in [-0.25, -0.2) is 4.90 Å². The molecule has 4 aromatic rings. The number of methoxy groups -OCH3 is 2. The second-order valence-electron chi connectivity index (χ2n) is 12.4. The second kappa shape index (κ2) is 12.9. The lowest BCUT2D eigenvalue weighted by molar-refractivity contribution is -0.276. The molecular formula is C38H38N2O7. The zero-order valence-electron chi connectivity index (χ0n) is 26.7. The summed E-state index contributed by atoms with van der Waals surface area (Å²) >= 11 is 0. The number of ether oxygens (including phenoxy) is 4. The lowest BCUT2D eigenvalue weighted by Crippen LogP contribution is -2.45. The summed E-state index contributed by atoms with van der Waals surface area (Å²) in [5, 5.41) is 9.63. The molecule has 7 rings (SSSR count). The molecule has 0 aliphatic carbocycles. The molecule has 1 fully saturated rings.